The summed E-state index contributed by atoms with van der Waals surface area (Å²) in [5.74, 6) is -1.30. The molecule has 2 aliphatic rings. The molecule has 2 heterocycles. The summed E-state index contributed by atoms with van der Waals surface area (Å²) in [6.45, 7) is 1.71. The molecule has 1 saturated heterocycles. The van der Waals surface area contributed by atoms with Crippen molar-refractivity contribution in [2.75, 3.05) is 6.54 Å². The number of hydrogen-bond donors (Lipinski definition) is 1. The van der Waals surface area contributed by atoms with Crippen LogP contribution in [-0.4, -0.2) is 28.5 Å². The number of carbonyl (C=O) groups excluding carboxylic acids is 1. The Morgan fingerprint density at radius 2 is 1.85 bits per heavy atom. The molecule has 9 heteroatoms. The van der Waals surface area contributed by atoms with E-state index in [4.69, 9.17) is 0 Å². The lowest BCUT2D eigenvalue weighted by Gasteiger charge is -2.48. The smallest absolute Gasteiger partial charge is 0.335 e. The lowest BCUT2D eigenvalue weighted by atomic mass is 9.91. The van der Waals surface area contributed by atoms with Gasteiger partial charge in [-0.3, -0.25) is 14.9 Å². The predicted molar refractivity (Wildman–Crippen MR) is 86.2 cm³/mol. The van der Waals surface area contributed by atoms with Crippen LogP contribution >= 0.6 is 0 Å². The number of halogens is 3. The van der Waals surface area contributed by atoms with Crippen LogP contribution in [0.25, 0.3) is 0 Å². The first-order valence-corrected chi connectivity index (χ1v) is 8.30. The molecule has 6 nitrogen and oxygen atoms in total. The molecule has 1 atom stereocenters. The molecule has 140 valence electrons. The van der Waals surface area contributed by atoms with Crippen LogP contribution in [0, 0.1) is 17.0 Å². The Morgan fingerprint density at radius 3 is 2.42 bits per heavy atom. The SMILES string of the molecule is Cc1ccc([C@]2(C(F)(F)F)NC(=O)C([N+](=O)[O-])=C3CCCCCN32)cc1. The molecule has 0 saturated carbocycles. The maximum atomic E-state index is 14.3. The molecule has 0 bridgehead atoms. The van der Waals surface area contributed by atoms with Crippen molar-refractivity contribution in [3.05, 3.63) is 56.9 Å². The zero-order chi connectivity index (χ0) is 19.1. The van der Waals surface area contributed by atoms with Crippen LogP contribution < -0.4 is 5.32 Å². The number of aryl methyl sites for hydroxylation is 1. The van der Waals surface area contributed by atoms with Gasteiger partial charge in [0.15, 0.2) is 0 Å². The van der Waals surface area contributed by atoms with Gasteiger partial charge in [0.05, 0.1) is 4.92 Å². The molecule has 0 aromatic heterocycles. The maximum Gasteiger partial charge on any atom is 0.435 e. The molecule has 0 aliphatic carbocycles. The van der Waals surface area contributed by atoms with E-state index in [1.807, 2.05) is 5.32 Å². The topological polar surface area (TPSA) is 75.5 Å². The minimum Gasteiger partial charge on any atom is -0.335 e. The predicted octanol–water partition coefficient (Wildman–Crippen LogP) is 3.20. The summed E-state index contributed by atoms with van der Waals surface area (Å²) >= 11 is 0. The fourth-order valence-corrected chi connectivity index (χ4v) is 3.65. The monoisotopic (exact) mass is 369 g/mol. The van der Waals surface area contributed by atoms with Crippen LogP contribution in [0.5, 0.6) is 0 Å². The third kappa shape index (κ3) is 2.71. The number of rotatable bonds is 2. The van der Waals surface area contributed by atoms with Gasteiger partial charge in [-0.1, -0.05) is 36.2 Å². The first-order chi connectivity index (χ1) is 12.2. The summed E-state index contributed by atoms with van der Waals surface area (Å²) in [6.07, 6.45) is -3.21. The van der Waals surface area contributed by atoms with Gasteiger partial charge in [0, 0.05) is 12.1 Å². The number of amides is 1. The summed E-state index contributed by atoms with van der Waals surface area (Å²) in [5.41, 5.74) is -3.14. The molecular formula is C17H18F3N3O3. The lowest BCUT2D eigenvalue weighted by molar-refractivity contribution is -0.424. The third-order valence-electron chi connectivity index (χ3n) is 4.87. The Hall–Kier alpha value is -2.58. The highest BCUT2D eigenvalue weighted by atomic mass is 19.4. The van der Waals surface area contributed by atoms with E-state index >= 15 is 0 Å². The van der Waals surface area contributed by atoms with Crippen LogP contribution in [0.3, 0.4) is 0 Å². The second kappa shape index (κ2) is 6.30. The van der Waals surface area contributed by atoms with E-state index in [0.29, 0.717) is 19.3 Å². The Bertz CT molecular complexity index is 774. The summed E-state index contributed by atoms with van der Waals surface area (Å²) in [7, 11) is 0. The summed E-state index contributed by atoms with van der Waals surface area (Å²) in [6, 6.07) is 5.67. The van der Waals surface area contributed by atoms with Crippen LogP contribution in [0.4, 0.5) is 13.2 Å². The zero-order valence-electron chi connectivity index (χ0n) is 14.1. The Balaban J connectivity index is 2.29. The van der Waals surface area contributed by atoms with Gasteiger partial charge in [0.1, 0.15) is 5.70 Å². The zero-order valence-corrected chi connectivity index (χ0v) is 14.1. The number of allylic oxidation sites excluding steroid dienone is 1. The molecule has 1 amide bonds. The van der Waals surface area contributed by atoms with Gasteiger partial charge in [-0.15, -0.1) is 0 Å². The molecule has 3 rings (SSSR count). The standard InChI is InChI=1S/C17H18F3N3O3/c1-11-6-8-12(9-7-11)16(17(18,19)20)21-15(24)14(23(25)26)13-5-3-2-4-10-22(13)16/h6-9H,2-5,10H2,1H3,(H,21,24)/t16-/m0/s1. The molecule has 1 aromatic carbocycles. The van der Waals surface area contributed by atoms with Crippen molar-refractivity contribution in [3.63, 3.8) is 0 Å². The van der Waals surface area contributed by atoms with Crippen molar-refractivity contribution in [2.45, 2.75) is 44.4 Å². The van der Waals surface area contributed by atoms with Gasteiger partial charge in [-0.2, -0.15) is 13.2 Å². The largest absolute Gasteiger partial charge is 0.435 e. The van der Waals surface area contributed by atoms with Gasteiger partial charge in [-0.25, -0.2) is 0 Å². The fraction of sp³-hybridized carbons (Fsp3) is 0.471. The molecule has 0 radical (unpaired) electrons. The highest BCUT2D eigenvalue weighted by molar-refractivity contribution is 5.93. The van der Waals surface area contributed by atoms with Crippen molar-refractivity contribution in [3.8, 4) is 0 Å². The van der Waals surface area contributed by atoms with Crippen molar-refractivity contribution in [1.29, 1.82) is 0 Å². The summed E-state index contributed by atoms with van der Waals surface area (Å²) in [5, 5.41) is 13.3. The first kappa shape index (κ1) is 18.2. The van der Waals surface area contributed by atoms with E-state index in [9.17, 15) is 28.1 Å². The number of carbonyl (C=O) groups is 1. The second-order valence-electron chi connectivity index (χ2n) is 6.54. The second-order valence-corrected chi connectivity index (χ2v) is 6.54. The van der Waals surface area contributed by atoms with Gasteiger partial charge < -0.3 is 10.2 Å². The van der Waals surface area contributed by atoms with Crippen LogP contribution in [0.2, 0.25) is 0 Å². The van der Waals surface area contributed by atoms with Gasteiger partial charge in [0.2, 0.25) is 5.66 Å². The number of nitrogens with one attached hydrogen (secondary N) is 1. The van der Waals surface area contributed by atoms with Crippen molar-refractivity contribution < 1.29 is 22.9 Å². The van der Waals surface area contributed by atoms with E-state index in [0.717, 1.165) is 10.5 Å². The van der Waals surface area contributed by atoms with Crippen molar-refractivity contribution in [2.24, 2.45) is 0 Å². The lowest BCUT2D eigenvalue weighted by Crippen LogP contribution is -2.69. The van der Waals surface area contributed by atoms with Crippen molar-refractivity contribution >= 4 is 5.91 Å². The Labute approximate surface area is 147 Å². The number of nitro groups is 1. The minimum absolute atomic E-state index is 0.0274. The molecule has 1 aromatic rings. The number of fused-ring (bicyclic) bond motifs is 1. The van der Waals surface area contributed by atoms with Gasteiger partial charge in [-0.05, 0) is 26.2 Å². The van der Waals surface area contributed by atoms with Crippen LogP contribution in [0.1, 0.15) is 36.8 Å². The van der Waals surface area contributed by atoms with E-state index in [1.165, 1.54) is 24.3 Å². The highest BCUT2D eigenvalue weighted by Crippen LogP contribution is 2.48. The summed E-state index contributed by atoms with van der Waals surface area (Å²) in [4.78, 5) is 23.8. The molecule has 26 heavy (non-hydrogen) atoms. The number of hydrogen-bond acceptors (Lipinski definition) is 4. The third-order valence-corrected chi connectivity index (χ3v) is 4.87. The number of benzene rings is 1. The van der Waals surface area contributed by atoms with E-state index in [2.05, 4.69) is 0 Å². The molecule has 0 spiro atoms. The number of alkyl halides is 3. The maximum absolute atomic E-state index is 14.3. The molecule has 0 unspecified atom stereocenters. The molecule has 2 aliphatic heterocycles. The highest BCUT2D eigenvalue weighted by Gasteiger charge is 2.65. The molecule has 1 N–H and O–H groups in total. The number of nitrogens with zero attached hydrogens (tertiary/aromatic N) is 2. The van der Waals surface area contributed by atoms with E-state index < -0.39 is 28.4 Å². The first-order valence-electron chi connectivity index (χ1n) is 8.30. The van der Waals surface area contributed by atoms with E-state index in [-0.39, 0.29) is 24.2 Å². The fourth-order valence-electron chi connectivity index (χ4n) is 3.65. The van der Waals surface area contributed by atoms with Crippen LogP contribution in [-0.2, 0) is 10.5 Å². The van der Waals surface area contributed by atoms with Crippen LogP contribution in [0.15, 0.2) is 35.7 Å². The van der Waals surface area contributed by atoms with Crippen molar-refractivity contribution in [1.82, 2.24) is 10.2 Å². The van der Waals surface area contributed by atoms with Gasteiger partial charge in [0.25, 0.3) is 0 Å². The molecular weight excluding hydrogens is 351 g/mol. The average Bonchev–Trinajstić information content (AvgIpc) is 2.79. The minimum atomic E-state index is -4.87. The van der Waals surface area contributed by atoms with Gasteiger partial charge >= 0.3 is 17.8 Å². The average molecular weight is 369 g/mol. The Morgan fingerprint density at radius 1 is 1.19 bits per heavy atom. The molecule has 1 fully saturated rings. The Kier molecular flexibility index (Phi) is 4.41. The normalized spacial score (nSPS) is 24.0. The van der Waals surface area contributed by atoms with E-state index in [1.54, 1.807) is 6.92 Å². The summed E-state index contributed by atoms with van der Waals surface area (Å²) < 4.78 is 43.0. The quantitative estimate of drug-likeness (QED) is 0.642.